The van der Waals surface area contributed by atoms with E-state index in [0.29, 0.717) is 5.02 Å². The van der Waals surface area contributed by atoms with E-state index in [1.165, 1.54) is 11.1 Å². The minimum atomic E-state index is 0.699. The summed E-state index contributed by atoms with van der Waals surface area (Å²) < 4.78 is 1.93. The molecular weight excluding hydrogens is 400 g/mol. The predicted octanol–water partition coefficient (Wildman–Crippen LogP) is 5.70. The van der Waals surface area contributed by atoms with Crippen LogP contribution in [0.2, 0.25) is 5.02 Å². The number of benzene rings is 2. The van der Waals surface area contributed by atoms with Gasteiger partial charge in [-0.1, -0.05) is 48.0 Å². The third-order valence-electron chi connectivity index (χ3n) is 4.86. The average molecular weight is 417 g/mol. The summed E-state index contributed by atoms with van der Waals surface area (Å²) in [5.41, 5.74) is 6.42. The molecule has 0 N–H and O–H groups in total. The van der Waals surface area contributed by atoms with Crippen molar-refractivity contribution in [2.75, 3.05) is 0 Å². The summed E-state index contributed by atoms with van der Waals surface area (Å²) in [5, 5.41) is 7.82. The molecule has 0 atom stereocenters. The molecule has 1 aliphatic carbocycles. The summed E-state index contributed by atoms with van der Waals surface area (Å²) >= 11 is 7.80. The zero-order valence-corrected chi connectivity index (χ0v) is 17.1. The highest BCUT2D eigenvalue weighted by atomic mass is 35.5. The Morgan fingerprint density at radius 3 is 2.79 bits per heavy atom. The van der Waals surface area contributed by atoms with Crippen LogP contribution >= 0.6 is 22.9 Å². The molecule has 2 aromatic carbocycles. The Labute approximate surface area is 177 Å². The molecule has 5 rings (SSSR count). The zero-order valence-electron chi connectivity index (χ0n) is 15.5. The second-order valence-corrected chi connectivity index (χ2v) is 8.03. The van der Waals surface area contributed by atoms with Gasteiger partial charge < -0.3 is 0 Å². The van der Waals surface area contributed by atoms with Gasteiger partial charge in [-0.2, -0.15) is 5.10 Å². The van der Waals surface area contributed by atoms with Gasteiger partial charge in [-0.05, 0) is 42.7 Å². The Bertz CT molecular complexity index is 1270. The van der Waals surface area contributed by atoms with Gasteiger partial charge in [0.05, 0.1) is 23.3 Å². The summed E-state index contributed by atoms with van der Waals surface area (Å²) in [6.45, 7) is 0. The number of hydrogen-bond acceptors (Lipinski definition) is 4. The van der Waals surface area contributed by atoms with Gasteiger partial charge in [0.15, 0.2) is 0 Å². The highest BCUT2D eigenvalue weighted by molar-refractivity contribution is 7.07. The molecule has 0 fully saturated rings. The minimum absolute atomic E-state index is 0.699. The van der Waals surface area contributed by atoms with E-state index in [4.69, 9.17) is 21.7 Å². The number of aryl methyl sites for hydroxylation is 1. The van der Waals surface area contributed by atoms with Crippen molar-refractivity contribution < 1.29 is 0 Å². The number of thiazole rings is 1. The molecular formula is C23H17ClN4S. The molecule has 29 heavy (non-hydrogen) atoms. The maximum Gasteiger partial charge on any atom is 0.211 e. The topological polar surface area (TPSA) is 42.5 Å². The molecule has 4 nitrogen and oxygen atoms in total. The van der Waals surface area contributed by atoms with Crippen molar-refractivity contribution in [2.24, 2.45) is 10.1 Å². The number of aromatic nitrogens is 2. The van der Waals surface area contributed by atoms with Crippen LogP contribution in [-0.2, 0) is 6.42 Å². The molecule has 4 aromatic rings. The summed E-state index contributed by atoms with van der Waals surface area (Å²) in [6, 6.07) is 20.1. The fourth-order valence-electron chi connectivity index (χ4n) is 3.48. The van der Waals surface area contributed by atoms with E-state index < -0.39 is 0 Å². The number of nitrogens with zero attached hydrogens (tertiary/aromatic N) is 4. The van der Waals surface area contributed by atoms with Gasteiger partial charge in [-0.25, -0.2) is 9.67 Å². The lowest BCUT2D eigenvalue weighted by Gasteiger charge is -2.06. The maximum absolute atomic E-state index is 6.25. The first-order valence-corrected chi connectivity index (χ1v) is 10.6. The van der Waals surface area contributed by atoms with Gasteiger partial charge in [0.2, 0.25) is 4.80 Å². The lowest BCUT2D eigenvalue weighted by molar-refractivity contribution is 0.843. The Morgan fingerprint density at radius 2 is 1.93 bits per heavy atom. The van der Waals surface area contributed by atoms with Crippen molar-refractivity contribution in [1.29, 1.82) is 0 Å². The van der Waals surface area contributed by atoms with E-state index in [1.54, 1.807) is 23.7 Å². The van der Waals surface area contributed by atoms with E-state index in [0.717, 1.165) is 40.3 Å². The van der Waals surface area contributed by atoms with Crippen LogP contribution < -0.4 is 4.80 Å². The Kier molecular flexibility index (Phi) is 4.84. The van der Waals surface area contributed by atoms with Gasteiger partial charge in [-0.15, -0.1) is 11.3 Å². The van der Waals surface area contributed by atoms with Crippen molar-refractivity contribution in [3.05, 3.63) is 99.4 Å². The summed E-state index contributed by atoms with van der Waals surface area (Å²) in [5.74, 6) is 0. The van der Waals surface area contributed by atoms with Gasteiger partial charge in [0.25, 0.3) is 0 Å². The average Bonchev–Trinajstić information content (AvgIpc) is 3.34. The fraction of sp³-hybridized carbons (Fsp3) is 0.0870. The molecule has 2 heterocycles. The molecule has 0 aliphatic heterocycles. The van der Waals surface area contributed by atoms with E-state index in [-0.39, 0.29) is 0 Å². The smallest absolute Gasteiger partial charge is 0.211 e. The van der Waals surface area contributed by atoms with E-state index in [2.05, 4.69) is 34.6 Å². The van der Waals surface area contributed by atoms with Crippen LogP contribution in [0.15, 0.2) is 88.5 Å². The largest absolute Gasteiger partial charge is 0.262 e. The van der Waals surface area contributed by atoms with Crippen molar-refractivity contribution in [1.82, 2.24) is 9.66 Å². The first-order valence-electron chi connectivity index (χ1n) is 9.35. The summed E-state index contributed by atoms with van der Waals surface area (Å²) in [6.07, 6.45) is 5.43. The lowest BCUT2D eigenvalue weighted by atomic mass is 10.1. The quantitative estimate of drug-likeness (QED) is 0.422. The first-order chi connectivity index (χ1) is 14.3. The molecule has 1 aliphatic rings. The van der Waals surface area contributed by atoms with E-state index in [1.807, 2.05) is 41.1 Å². The fourth-order valence-corrected chi connectivity index (χ4v) is 4.52. The van der Waals surface area contributed by atoms with Crippen molar-refractivity contribution in [3.8, 4) is 11.3 Å². The SMILES string of the molecule is Clc1cccc(-c2csc(=Nc3cccnc3)n2N=C2CCc3ccccc32)c1. The number of hydrogen-bond donors (Lipinski definition) is 0. The van der Waals surface area contributed by atoms with Crippen LogP contribution in [-0.4, -0.2) is 15.4 Å². The van der Waals surface area contributed by atoms with E-state index >= 15 is 0 Å². The van der Waals surface area contributed by atoms with Crippen LogP contribution in [0.3, 0.4) is 0 Å². The van der Waals surface area contributed by atoms with Crippen LogP contribution in [0.25, 0.3) is 11.3 Å². The molecule has 0 amide bonds. The molecule has 0 unspecified atom stereocenters. The normalized spacial score (nSPS) is 15.1. The lowest BCUT2D eigenvalue weighted by Crippen LogP contribution is -2.14. The minimum Gasteiger partial charge on any atom is -0.262 e. The molecule has 0 spiro atoms. The Morgan fingerprint density at radius 1 is 1.00 bits per heavy atom. The van der Waals surface area contributed by atoms with Crippen LogP contribution in [0.4, 0.5) is 5.69 Å². The second-order valence-electron chi connectivity index (χ2n) is 6.75. The Hall–Kier alpha value is -3.02. The summed E-state index contributed by atoms with van der Waals surface area (Å²) in [4.78, 5) is 9.75. The highest BCUT2D eigenvalue weighted by Crippen LogP contribution is 2.26. The van der Waals surface area contributed by atoms with Crippen LogP contribution in [0, 0.1) is 0 Å². The van der Waals surface area contributed by atoms with Gasteiger partial charge in [0.1, 0.15) is 0 Å². The van der Waals surface area contributed by atoms with Crippen molar-refractivity contribution >= 4 is 34.3 Å². The van der Waals surface area contributed by atoms with Crippen molar-refractivity contribution in [3.63, 3.8) is 0 Å². The summed E-state index contributed by atoms with van der Waals surface area (Å²) in [7, 11) is 0. The number of halogens is 1. The third kappa shape index (κ3) is 3.67. The molecule has 2 aromatic heterocycles. The van der Waals surface area contributed by atoms with Crippen LogP contribution in [0.1, 0.15) is 17.5 Å². The molecule has 6 heteroatoms. The molecule has 0 radical (unpaired) electrons. The number of pyridine rings is 1. The van der Waals surface area contributed by atoms with E-state index in [9.17, 15) is 0 Å². The van der Waals surface area contributed by atoms with Crippen LogP contribution in [0.5, 0.6) is 0 Å². The third-order valence-corrected chi connectivity index (χ3v) is 5.91. The Balaban J connectivity index is 1.71. The van der Waals surface area contributed by atoms with Crippen molar-refractivity contribution in [2.45, 2.75) is 12.8 Å². The maximum atomic E-state index is 6.25. The zero-order chi connectivity index (χ0) is 19.6. The highest BCUT2D eigenvalue weighted by Gasteiger charge is 2.18. The molecule has 0 saturated carbocycles. The molecule has 142 valence electrons. The molecule has 0 saturated heterocycles. The monoisotopic (exact) mass is 416 g/mol. The molecule has 0 bridgehead atoms. The first kappa shape index (κ1) is 18.0. The predicted molar refractivity (Wildman–Crippen MR) is 119 cm³/mol. The number of rotatable bonds is 3. The second kappa shape index (κ2) is 7.78. The van der Waals surface area contributed by atoms with Gasteiger partial charge in [0, 0.05) is 27.7 Å². The van der Waals surface area contributed by atoms with Gasteiger partial charge in [-0.3, -0.25) is 4.98 Å². The number of fused-ring (bicyclic) bond motifs is 1. The standard InChI is InChI=1S/C23H17ClN4S/c24-18-7-3-6-17(13-18)22-15-29-23(26-19-8-4-12-25-14-19)28(22)27-21-11-10-16-5-1-2-9-20(16)21/h1-9,12-15H,10-11H2. The van der Waals surface area contributed by atoms with Gasteiger partial charge >= 0.3 is 0 Å².